The third-order valence-corrected chi connectivity index (χ3v) is 9.29. The number of amides is 1. The number of rotatable bonds is 8. The van der Waals surface area contributed by atoms with Gasteiger partial charge in [0.05, 0.1) is 24.2 Å². The van der Waals surface area contributed by atoms with E-state index in [4.69, 9.17) is 9.47 Å². The molecule has 2 heterocycles. The van der Waals surface area contributed by atoms with Crippen molar-refractivity contribution in [3.63, 3.8) is 0 Å². The zero-order valence-electron chi connectivity index (χ0n) is 19.7. The van der Waals surface area contributed by atoms with E-state index in [9.17, 15) is 13.2 Å². The molecule has 0 radical (unpaired) electrons. The van der Waals surface area contributed by atoms with Crippen molar-refractivity contribution in [2.24, 2.45) is 5.92 Å². The molecule has 186 valence electrons. The van der Waals surface area contributed by atoms with Crippen LogP contribution in [0.1, 0.15) is 19.4 Å². The SMILES string of the molecule is COc1ccc(S(=O)(=O)N2C[C@@H](C(=O)Nc3nnc(SCC(C)C)s3)Oc3ccc(C)cc32)cc1. The number of aromatic nitrogens is 2. The van der Waals surface area contributed by atoms with E-state index in [0.29, 0.717) is 28.2 Å². The van der Waals surface area contributed by atoms with Crippen LogP contribution in [-0.2, 0) is 14.8 Å². The number of methoxy groups -OCH3 is 1. The molecule has 0 aliphatic carbocycles. The molecule has 4 rings (SSSR count). The molecule has 0 saturated heterocycles. The summed E-state index contributed by atoms with van der Waals surface area (Å²) in [6, 6.07) is 11.3. The van der Waals surface area contributed by atoms with Gasteiger partial charge in [-0.2, -0.15) is 0 Å². The lowest BCUT2D eigenvalue weighted by atomic mass is 10.1. The number of sulfonamides is 1. The number of carbonyl (C=O) groups is 1. The molecule has 2 aromatic carbocycles. The zero-order chi connectivity index (χ0) is 25.2. The smallest absolute Gasteiger partial charge is 0.269 e. The lowest BCUT2D eigenvalue weighted by Crippen LogP contribution is -2.48. The minimum Gasteiger partial charge on any atom is -0.497 e. The van der Waals surface area contributed by atoms with Crippen molar-refractivity contribution >= 4 is 49.8 Å². The molecule has 35 heavy (non-hydrogen) atoms. The van der Waals surface area contributed by atoms with Gasteiger partial charge >= 0.3 is 0 Å². The Balaban J connectivity index is 1.59. The maximum atomic E-state index is 13.6. The second-order valence-corrected chi connectivity index (χ2v) is 12.5. The molecule has 12 heteroatoms. The number of fused-ring (bicyclic) bond motifs is 1. The lowest BCUT2D eigenvalue weighted by Gasteiger charge is -2.34. The fraction of sp³-hybridized carbons (Fsp3) is 0.348. The first-order chi connectivity index (χ1) is 16.7. The molecule has 0 bridgehead atoms. The molecule has 3 aromatic rings. The molecule has 1 aliphatic rings. The van der Waals surface area contributed by atoms with E-state index in [1.165, 1.54) is 34.9 Å². The van der Waals surface area contributed by atoms with Crippen molar-refractivity contribution < 1.29 is 22.7 Å². The van der Waals surface area contributed by atoms with E-state index in [0.717, 1.165) is 15.7 Å². The third kappa shape index (κ3) is 5.71. The Bertz CT molecular complexity index is 1310. The third-order valence-electron chi connectivity index (χ3n) is 5.10. The van der Waals surface area contributed by atoms with Gasteiger partial charge in [-0.05, 0) is 54.8 Å². The van der Waals surface area contributed by atoms with Crippen LogP contribution < -0.4 is 19.1 Å². The Morgan fingerprint density at radius 3 is 2.69 bits per heavy atom. The van der Waals surface area contributed by atoms with Crippen molar-refractivity contribution in [1.29, 1.82) is 0 Å². The Hall–Kier alpha value is -2.83. The molecule has 0 unspecified atom stereocenters. The van der Waals surface area contributed by atoms with Gasteiger partial charge in [-0.15, -0.1) is 10.2 Å². The first kappa shape index (κ1) is 25.3. The second kappa shape index (κ2) is 10.4. The Kier molecular flexibility index (Phi) is 7.53. The molecule has 0 saturated carbocycles. The number of ether oxygens (including phenoxy) is 2. The summed E-state index contributed by atoms with van der Waals surface area (Å²) < 4.78 is 40.2. The first-order valence-corrected chi connectivity index (χ1v) is 14.1. The van der Waals surface area contributed by atoms with Gasteiger partial charge < -0.3 is 9.47 Å². The average Bonchev–Trinajstić information content (AvgIpc) is 3.29. The zero-order valence-corrected chi connectivity index (χ0v) is 22.2. The number of carbonyl (C=O) groups excluding carboxylic acids is 1. The number of hydrogen-bond acceptors (Lipinski definition) is 9. The van der Waals surface area contributed by atoms with Gasteiger partial charge in [0.25, 0.3) is 15.9 Å². The number of nitrogens with one attached hydrogen (secondary N) is 1. The molecule has 9 nitrogen and oxygen atoms in total. The van der Waals surface area contributed by atoms with Gasteiger partial charge in [0.15, 0.2) is 10.4 Å². The second-order valence-electron chi connectivity index (χ2n) is 8.36. The van der Waals surface area contributed by atoms with E-state index in [1.807, 2.05) is 6.92 Å². The highest BCUT2D eigenvalue weighted by Gasteiger charge is 2.38. The van der Waals surface area contributed by atoms with Crippen LogP contribution in [0.25, 0.3) is 0 Å². The monoisotopic (exact) mass is 534 g/mol. The van der Waals surface area contributed by atoms with Crippen molar-refractivity contribution in [2.45, 2.75) is 36.1 Å². The molecule has 1 amide bonds. The number of aryl methyl sites for hydroxylation is 1. The molecular formula is C23H26N4O5S3. The average molecular weight is 535 g/mol. The van der Waals surface area contributed by atoms with Crippen LogP contribution in [0.2, 0.25) is 0 Å². The molecule has 0 fully saturated rings. The highest BCUT2D eigenvalue weighted by Crippen LogP contribution is 2.38. The normalized spacial score (nSPS) is 15.5. The number of benzene rings is 2. The van der Waals surface area contributed by atoms with Gasteiger partial charge in [-0.3, -0.25) is 14.4 Å². The standard InChI is InChI=1S/C23H26N4O5S3/c1-14(2)13-33-23-26-25-22(34-23)24-21(28)20-12-27(18-11-15(3)5-10-19(18)32-20)35(29,30)17-8-6-16(31-4)7-9-17/h5-11,14,20H,12-13H2,1-4H3,(H,24,25,28)/t20-/m0/s1. The maximum absolute atomic E-state index is 13.6. The topological polar surface area (TPSA) is 111 Å². The Labute approximate surface area is 212 Å². The molecule has 1 aromatic heterocycles. The lowest BCUT2D eigenvalue weighted by molar-refractivity contribution is -0.122. The van der Waals surface area contributed by atoms with E-state index < -0.39 is 22.0 Å². The van der Waals surface area contributed by atoms with Crippen molar-refractivity contribution in [2.75, 3.05) is 29.0 Å². The molecule has 1 atom stereocenters. The number of thioether (sulfide) groups is 1. The van der Waals surface area contributed by atoms with E-state index in [-0.39, 0.29) is 11.4 Å². The Morgan fingerprint density at radius 2 is 2.00 bits per heavy atom. The van der Waals surface area contributed by atoms with Crippen LogP contribution in [0, 0.1) is 12.8 Å². The molecule has 0 spiro atoms. The summed E-state index contributed by atoms with van der Waals surface area (Å²) in [5.74, 6) is 1.75. The van der Waals surface area contributed by atoms with Crippen LogP contribution in [0.4, 0.5) is 10.8 Å². The highest BCUT2D eigenvalue weighted by atomic mass is 32.2. The van der Waals surface area contributed by atoms with E-state index in [1.54, 1.807) is 42.1 Å². The minimum absolute atomic E-state index is 0.0859. The van der Waals surface area contributed by atoms with Gasteiger partial charge in [0, 0.05) is 5.75 Å². The highest BCUT2D eigenvalue weighted by molar-refractivity contribution is 8.01. The van der Waals surface area contributed by atoms with Crippen molar-refractivity contribution in [3.05, 3.63) is 48.0 Å². The summed E-state index contributed by atoms with van der Waals surface area (Å²) >= 11 is 2.84. The first-order valence-electron chi connectivity index (χ1n) is 10.9. The predicted molar refractivity (Wildman–Crippen MR) is 137 cm³/mol. The van der Waals surface area contributed by atoms with Crippen molar-refractivity contribution in [3.8, 4) is 11.5 Å². The number of hydrogen-bond donors (Lipinski definition) is 1. The minimum atomic E-state index is -3.98. The predicted octanol–water partition coefficient (Wildman–Crippen LogP) is 4.20. The van der Waals surface area contributed by atoms with Crippen LogP contribution >= 0.6 is 23.1 Å². The fourth-order valence-corrected chi connectivity index (χ4v) is 6.54. The number of nitrogens with zero attached hydrogens (tertiary/aromatic N) is 3. The Morgan fingerprint density at radius 1 is 1.26 bits per heavy atom. The van der Waals surface area contributed by atoms with Crippen LogP contribution in [-0.4, -0.2) is 50.0 Å². The molecule has 1 N–H and O–H groups in total. The quantitative estimate of drug-likeness (QED) is 0.338. The fourth-order valence-electron chi connectivity index (χ4n) is 3.34. The number of anilines is 2. The van der Waals surface area contributed by atoms with E-state index in [2.05, 4.69) is 29.4 Å². The van der Waals surface area contributed by atoms with Gasteiger partial charge in [-0.1, -0.05) is 43.0 Å². The summed E-state index contributed by atoms with van der Waals surface area (Å²) in [5.41, 5.74) is 1.25. The van der Waals surface area contributed by atoms with Crippen molar-refractivity contribution in [1.82, 2.24) is 10.2 Å². The largest absolute Gasteiger partial charge is 0.497 e. The van der Waals surface area contributed by atoms with Gasteiger partial charge in [0.2, 0.25) is 5.13 Å². The molecular weight excluding hydrogens is 508 g/mol. The van der Waals surface area contributed by atoms with Crippen LogP contribution in [0.15, 0.2) is 51.7 Å². The van der Waals surface area contributed by atoms with Gasteiger partial charge in [0.1, 0.15) is 11.5 Å². The van der Waals surface area contributed by atoms with E-state index >= 15 is 0 Å². The summed E-state index contributed by atoms with van der Waals surface area (Å²) in [4.78, 5) is 13.2. The van der Waals surface area contributed by atoms with Gasteiger partial charge in [-0.25, -0.2) is 8.42 Å². The summed E-state index contributed by atoms with van der Waals surface area (Å²) in [6.07, 6.45) is -1.08. The summed E-state index contributed by atoms with van der Waals surface area (Å²) in [6.45, 7) is 5.90. The summed E-state index contributed by atoms with van der Waals surface area (Å²) in [7, 11) is -2.47. The van der Waals surface area contributed by atoms with Crippen LogP contribution in [0.3, 0.4) is 0 Å². The summed E-state index contributed by atoms with van der Waals surface area (Å²) in [5, 5.41) is 11.2. The molecule has 1 aliphatic heterocycles. The van der Waals surface area contributed by atoms with Crippen LogP contribution in [0.5, 0.6) is 11.5 Å². The maximum Gasteiger partial charge on any atom is 0.269 e.